The molecule has 0 atom stereocenters. The summed E-state index contributed by atoms with van der Waals surface area (Å²) >= 11 is 5.42. The average Bonchev–Trinajstić information content (AvgIpc) is 1.94. The minimum Gasteiger partial charge on any atom is -0.381 e. The zero-order valence-electron chi connectivity index (χ0n) is 4.87. The van der Waals surface area contributed by atoms with Crippen LogP contribution in [-0.4, -0.2) is 10.2 Å². The molecule has 0 aliphatic rings. The molecule has 0 fully saturated rings. The van der Waals surface area contributed by atoms with Gasteiger partial charge in [-0.3, -0.25) is 0 Å². The Bertz CT molecular complexity index is 290. The van der Waals surface area contributed by atoms with Crippen molar-refractivity contribution in [2.45, 2.75) is 0 Å². The highest BCUT2D eigenvalue weighted by atomic mass is 35.5. The molecule has 0 saturated heterocycles. The van der Waals surface area contributed by atoms with Crippen LogP contribution in [0.3, 0.4) is 0 Å². The fourth-order valence-corrected chi connectivity index (χ4v) is 0.614. The Hall–Kier alpha value is -1.34. The summed E-state index contributed by atoms with van der Waals surface area (Å²) in [6.07, 6.45) is 0. The molecule has 0 spiro atoms. The van der Waals surface area contributed by atoms with E-state index in [1.807, 2.05) is 6.07 Å². The minimum atomic E-state index is 0.104. The predicted molar refractivity (Wildman–Crippen MR) is 36.2 cm³/mol. The lowest BCUT2D eigenvalue weighted by atomic mass is 10.3. The summed E-state index contributed by atoms with van der Waals surface area (Å²) < 4.78 is 0. The summed E-state index contributed by atoms with van der Waals surface area (Å²) in [5.41, 5.74) is 5.50. The van der Waals surface area contributed by atoms with Crippen molar-refractivity contribution in [1.29, 1.82) is 5.26 Å². The largest absolute Gasteiger partial charge is 0.381 e. The first-order chi connectivity index (χ1) is 4.74. The Morgan fingerprint density at radius 3 is 2.80 bits per heavy atom. The van der Waals surface area contributed by atoms with Crippen LogP contribution in [0.1, 0.15) is 5.56 Å². The standard InChI is InChI=1S/C5H3ClN4/c6-4-1-3(2-7)5(8)10-9-4/h1H,(H2,8,10). The molecule has 0 unspecified atom stereocenters. The van der Waals surface area contributed by atoms with Crippen molar-refractivity contribution in [1.82, 2.24) is 10.2 Å². The maximum atomic E-state index is 8.39. The van der Waals surface area contributed by atoms with Gasteiger partial charge < -0.3 is 5.73 Å². The summed E-state index contributed by atoms with van der Waals surface area (Å²) in [4.78, 5) is 0. The van der Waals surface area contributed by atoms with E-state index in [1.165, 1.54) is 6.07 Å². The van der Waals surface area contributed by atoms with E-state index in [0.29, 0.717) is 0 Å². The Morgan fingerprint density at radius 2 is 2.30 bits per heavy atom. The summed E-state index contributed by atoms with van der Waals surface area (Å²) in [6.45, 7) is 0. The van der Waals surface area contributed by atoms with Gasteiger partial charge in [-0.05, 0) is 6.07 Å². The number of nitrogens with zero attached hydrogens (tertiary/aromatic N) is 3. The van der Waals surface area contributed by atoms with Gasteiger partial charge in [0.05, 0.1) is 5.56 Å². The van der Waals surface area contributed by atoms with Gasteiger partial charge in [-0.15, -0.1) is 10.2 Å². The number of anilines is 1. The number of hydrogen-bond acceptors (Lipinski definition) is 4. The molecule has 4 nitrogen and oxygen atoms in total. The van der Waals surface area contributed by atoms with Crippen molar-refractivity contribution in [3.63, 3.8) is 0 Å². The molecule has 0 aliphatic carbocycles. The molecule has 0 bridgehead atoms. The van der Waals surface area contributed by atoms with Gasteiger partial charge in [0.25, 0.3) is 0 Å². The van der Waals surface area contributed by atoms with Crippen molar-refractivity contribution < 1.29 is 0 Å². The lowest BCUT2D eigenvalue weighted by Gasteiger charge is -1.92. The summed E-state index contributed by atoms with van der Waals surface area (Å²) in [5, 5.41) is 15.4. The molecule has 0 aromatic carbocycles. The third-order valence-electron chi connectivity index (χ3n) is 0.913. The molecule has 0 aliphatic heterocycles. The molecule has 1 heterocycles. The quantitative estimate of drug-likeness (QED) is 0.593. The van der Waals surface area contributed by atoms with E-state index in [-0.39, 0.29) is 16.5 Å². The summed E-state index contributed by atoms with van der Waals surface area (Å²) in [5.74, 6) is 0.104. The lowest BCUT2D eigenvalue weighted by Crippen LogP contribution is -1.96. The third-order valence-corrected chi connectivity index (χ3v) is 1.10. The number of nitriles is 1. The molecule has 1 aromatic heterocycles. The number of aromatic nitrogens is 2. The molecule has 10 heavy (non-hydrogen) atoms. The van der Waals surface area contributed by atoms with E-state index >= 15 is 0 Å². The highest BCUT2D eigenvalue weighted by Gasteiger charge is 1.99. The topological polar surface area (TPSA) is 75.6 Å². The zero-order valence-corrected chi connectivity index (χ0v) is 5.63. The number of halogens is 1. The first-order valence-electron chi connectivity index (χ1n) is 2.43. The van der Waals surface area contributed by atoms with Crippen LogP contribution in [0.5, 0.6) is 0 Å². The van der Waals surface area contributed by atoms with Gasteiger partial charge in [-0.1, -0.05) is 11.6 Å². The highest BCUT2D eigenvalue weighted by Crippen LogP contribution is 2.09. The number of hydrogen-bond donors (Lipinski definition) is 1. The maximum absolute atomic E-state index is 8.39. The number of nitrogen functional groups attached to an aromatic ring is 1. The first kappa shape index (κ1) is 6.78. The second kappa shape index (κ2) is 2.50. The van der Waals surface area contributed by atoms with Gasteiger partial charge in [0.1, 0.15) is 6.07 Å². The Kier molecular flexibility index (Phi) is 1.69. The van der Waals surface area contributed by atoms with Gasteiger partial charge in [-0.25, -0.2) is 0 Å². The molecule has 5 heteroatoms. The Balaban J connectivity index is 3.25. The fourth-order valence-electron chi connectivity index (χ4n) is 0.467. The number of nitrogens with two attached hydrogens (primary N) is 1. The molecular formula is C5H3ClN4. The van der Waals surface area contributed by atoms with E-state index in [0.717, 1.165) is 0 Å². The smallest absolute Gasteiger partial charge is 0.164 e. The van der Waals surface area contributed by atoms with E-state index in [9.17, 15) is 0 Å². The maximum Gasteiger partial charge on any atom is 0.164 e. The Labute approximate surface area is 62.2 Å². The minimum absolute atomic E-state index is 0.104. The first-order valence-corrected chi connectivity index (χ1v) is 2.80. The Morgan fingerprint density at radius 1 is 1.60 bits per heavy atom. The van der Waals surface area contributed by atoms with Crippen LogP contribution in [-0.2, 0) is 0 Å². The molecular weight excluding hydrogens is 152 g/mol. The van der Waals surface area contributed by atoms with Crippen LogP contribution in [0, 0.1) is 11.3 Å². The molecule has 1 rings (SSSR count). The second-order valence-corrected chi connectivity index (χ2v) is 1.97. The lowest BCUT2D eigenvalue weighted by molar-refractivity contribution is 1.04. The molecule has 1 aromatic rings. The van der Waals surface area contributed by atoms with Crippen LogP contribution in [0.15, 0.2) is 6.07 Å². The van der Waals surface area contributed by atoms with E-state index < -0.39 is 0 Å². The SMILES string of the molecule is N#Cc1cc(Cl)nnc1N. The molecule has 0 saturated carbocycles. The predicted octanol–water partition coefficient (Wildman–Crippen LogP) is 0.584. The third kappa shape index (κ3) is 1.14. The van der Waals surface area contributed by atoms with E-state index in [4.69, 9.17) is 22.6 Å². The summed E-state index contributed by atoms with van der Waals surface area (Å²) in [7, 11) is 0. The van der Waals surface area contributed by atoms with Crippen LogP contribution >= 0.6 is 11.6 Å². The van der Waals surface area contributed by atoms with Gasteiger partial charge >= 0.3 is 0 Å². The van der Waals surface area contributed by atoms with Crippen molar-refractivity contribution >= 4 is 17.4 Å². The van der Waals surface area contributed by atoms with Gasteiger partial charge in [0, 0.05) is 0 Å². The van der Waals surface area contributed by atoms with E-state index in [1.54, 1.807) is 0 Å². The van der Waals surface area contributed by atoms with Crippen molar-refractivity contribution in [2.24, 2.45) is 0 Å². The normalized spacial score (nSPS) is 8.80. The highest BCUT2D eigenvalue weighted by molar-refractivity contribution is 6.29. The van der Waals surface area contributed by atoms with E-state index in [2.05, 4.69) is 10.2 Å². The van der Waals surface area contributed by atoms with Crippen LogP contribution in [0.25, 0.3) is 0 Å². The zero-order chi connectivity index (χ0) is 7.56. The molecule has 0 amide bonds. The van der Waals surface area contributed by atoms with Crippen LogP contribution in [0.2, 0.25) is 5.15 Å². The number of rotatable bonds is 0. The molecule has 0 radical (unpaired) electrons. The van der Waals surface area contributed by atoms with Crippen LogP contribution < -0.4 is 5.73 Å². The summed E-state index contributed by atoms with van der Waals surface area (Å²) in [6, 6.07) is 3.19. The monoisotopic (exact) mass is 154 g/mol. The van der Waals surface area contributed by atoms with Crippen molar-refractivity contribution in [3.05, 3.63) is 16.8 Å². The fraction of sp³-hybridized carbons (Fsp3) is 0. The second-order valence-electron chi connectivity index (χ2n) is 1.58. The van der Waals surface area contributed by atoms with Gasteiger partial charge in [0.2, 0.25) is 0 Å². The van der Waals surface area contributed by atoms with Crippen LogP contribution in [0.4, 0.5) is 5.82 Å². The molecule has 2 N–H and O–H groups in total. The van der Waals surface area contributed by atoms with Gasteiger partial charge in [-0.2, -0.15) is 5.26 Å². The molecule has 50 valence electrons. The average molecular weight is 155 g/mol. The van der Waals surface area contributed by atoms with Crippen molar-refractivity contribution in [2.75, 3.05) is 5.73 Å². The van der Waals surface area contributed by atoms with Crippen molar-refractivity contribution in [3.8, 4) is 6.07 Å². The van der Waals surface area contributed by atoms with Gasteiger partial charge in [0.15, 0.2) is 11.0 Å².